The van der Waals surface area contributed by atoms with Crippen LogP contribution in [0.15, 0.2) is 24.5 Å². The van der Waals surface area contributed by atoms with Crippen molar-refractivity contribution in [3.05, 3.63) is 30.1 Å². The molecule has 0 bridgehead atoms. The molecule has 2 fully saturated rings. The van der Waals surface area contributed by atoms with Crippen LogP contribution in [0.1, 0.15) is 37.8 Å². The van der Waals surface area contributed by atoms with Gasteiger partial charge in [0.2, 0.25) is 0 Å². The van der Waals surface area contributed by atoms with Gasteiger partial charge >= 0.3 is 6.03 Å². The smallest absolute Gasteiger partial charge is 0.317 e. The standard InChI is InChI=1S/C19H30N4O2/c1-2-18(17-3-7-20-8-4-17)21-19(24)23-9-5-16(6-10-23)15-22-11-13-25-14-12-22/h3-4,7-8,16,18H,2,5-6,9-15H2,1H3,(H,21,24)/t18-/m0/s1. The lowest BCUT2D eigenvalue weighted by Crippen LogP contribution is -2.47. The monoisotopic (exact) mass is 346 g/mol. The molecule has 0 saturated carbocycles. The molecule has 25 heavy (non-hydrogen) atoms. The summed E-state index contributed by atoms with van der Waals surface area (Å²) >= 11 is 0. The fraction of sp³-hybridized carbons (Fsp3) is 0.684. The van der Waals surface area contributed by atoms with Gasteiger partial charge in [-0.25, -0.2) is 4.79 Å². The fourth-order valence-electron chi connectivity index (χ4n) is 3.72. The minimum atomic E-state index is 0.0570. The van der Waals surface area contributed by atoms with Crippen molar-refractivity contribution in [3.8, 4) is 0 Å². The van der Waals surface area contributed by atoms with E-state index in [1.165, 1.54) is 0 Å². The summed E-state index contributed by atoms with van der Waals surface area (Å²) in [6.45, 7) is 8.76. The van der Waals surface area contributed by atoms with E-state index >= 15 is 0 Å². The van der Waals surface area contributed by atoms with Crippen molar-refractivity contribution in [1.29, 1.82) is 0 Å². The topological polar surface area (TPSA) is 57.7 Å². The second-order valence-corrected chi connectivity index (χ2v) is 7.03. The van der Waals surface area contributed by atoms with Crippen molar-refractivity contribution in [2.45, 2.75) is 32.2 Å². The van der Waals surface area contributed by atoms with Gasteiger partial charge < -0.3 is 15.0 Å². The average molecular weight is 346 g/mol. The van der Waals surface area contributed by atoms with Crippen molar-refractivity contribution in [2.75, 3.05) is 45.9 Å². The summed E-state index contributed by atoms with van der Waals surface area (Å²) in [4.78, 5) is 21.1. The molecule has 2 amide bonds. The maximum atomic E-state index is 12.6. The molecule has 0 unspecified atom stereocenters. The molecule has 1 N–H and O–H groups in total. The van der Waals surface area contributed by atoms with Crippen LogP contribution in [0.3, 0.4) is 0 Å². The summed E-state index contributed by atoms with van der Waals surface area (Å²) < 4.78 is 5.41. The van der Waals surface area contributed by atoms with Crippen LogP contribution in [0.5, 0.6) is 0 Å². The van der Waals surface area contributed by atoms with E-state index < -0.39 is 0 Å². The first-order valence-electron chi connectivity index (χ1n) is 9.51. The molecule has 2 saturated heterocycles. The summed E-state index contributed by atoms with van der Waals surface area (Å²) in [5.74, 6) is 0.698. The molecule has 3 heterocycles. The number of nitrogens with zero attached hydrogens (tertiary/aromatic N) is 3. The third-order valence-electron chi connectivity index (χ3n) is 5.34. The molecule has 2 aliphatic heterocycles. The van der Waals surface area contributed by atoms with E-state index in [-0.39, 0.29) is 12.1 Å². The Morgan fingerprint density at radius 1 is 1.24 bits per heavy atom. The van der Waals surface area contributed by atoms with Gasteiger partial charge in [-0.1, -0.05) is 6.92 Å². The Morgan fingerprint density at radius 2 is 1.92 bits per heavy atom. The number of urea groups is 1. The highest BCUT2D eigenvalue weighted by Gasteiger charge is 2.26. The Bertz CT molecular complexity index is 525. The third kappa shape index (κ3) is 5.16. The average Bonchev–Trinajstić information content (AvgIpc) is 2.68. The summed E-state index contributed by atoms with van der Waals surface area (Å²) in [5, 5.41) is 3.18. The molecule has 2 aliphatic rings. The lowest BCUT2D eigenvalue weighted by molar-refractivity contribution is 0.0258. The van der Waals surface area contributed by atoms with Crippen molar-refractivity contribution in [1.82, 2.24) is 20.1 Å². The van der Waals surface area contributed by atoms with Gasteiger partial charge in [0.15, 0.2) is 0 Å². The van der Waals surface area contributed by atoms with Crippen molar-refractivity contribution < 1.29 is 9.53 Å². The number of morpholine rings is 1. The zero-order chi connectivity index (χ0) is 17.5. The predicted molar refractivity (Wildman–Crippen MR) is 97.4 cm³/mol. The molecular formula is C19H30N4O2. The molecule has 1 atom stereocenters. The van der Waals surface area contributed by atoms with Crippen LogP contribution < -0.4 is 5.32 Å². The first-order valence-corrected chi connectivity index (χ1v) is 9.51. The van der Waals surface area contributed by atoms with Crippen LogP contribution in [0, 0.1) is 5.92 Å². The summed E-state index contributed by atoms with van der Waals surface area (Å²) in [6, 6.07) is 4.07. The van der Waals surface area contributed by atoms with Gasteiger partial charge in [0.05, 0.1) is 19.3 Å². The maximum absolute atomic E-state index is 12.6. The minimum Gasteiger partial charge on any atom is -0.379 e. The summed E-state index contributed by atoms with van der Waals surface area (Å²) in [5.41, 5.74) is 1.12. The highest BCUT2D eigenvalue weighted by atomic mass is 16.5. The van der Waals surface area contributed by atoms with Crippen LogP contribution in [0.4, 0.5) is 4.79 Å². The molecule has 1 aromatic rings. The summed E-state index contributed by atoms with van der Waals surface area (Å²) in [6.07, 6.45) is 6.62. The number of rotatable bonds is 5. The number of hydrogen-bond donors (Lipinski definition) is 1. The van der Waals surface area contributed by atoms with Gasteiger partial charge in [0, 0.05) is 45.1 Å². The first kappa shape index (κ1) is 18.1. The maximum Gasteiger partial charge on any atom is 0.317 e. The zero-order valence-electron chi connectivity index (χ0n) is 15.2. The van der Waals surface area contributed by atoms with Crippen molar-refractivity contribution >= 4 is 6.03 Å². The first-order chi connectivity index (χ1) is 12.3. The number of piperidine rings is 1. The Hall–Kier alpha value is -1.66. The lowest BCUT2D eigenvalue weighted by atomic mass is 9.96. The van der Waals surface area contributed by atoms with Crippen LogP contribution in [-0.2, 0) is 4.74 Å². The van der Waals surface area contributed by atoms with Gasteiger partial charge in [-0.3, -0.25) is 9.88 Å². The number of amides is 2. The number of carbonyl (C=O) groups excluding carboxylic acids is 1. The fourth-order valence-corrected chi connectivity index (χ4v) is 3.72. The largest absolute Gasteiger partial charge is 0.379 e. The van der Waals surface area contributed by atoms with Gasteiger partial charge in [-0.15, -0.1) is 0 Å². The zero-order valence-corrected chi connectivity index (χ0v) is 15.2. The number of hydrogen-bond acceptors (Lipinski definition) is 4. The van der Waals surface area contributed by atoms with Gasteiger partial charge in [0.25, 0.3) is 0 Å². The van der Waals surface area contributed by atoms with Crippen molar-refractivity contribution in [3.63, 3.8) is 0 Å². The number of nitrogens with one attached hydrogen (secondary N) is 1. The van der Waals surface area contributed by atoms with E-state index in [2.05, 4.69) is 22.1 Å². The van der Waals surface area contributed by atoms with E-state index in [0.29, 0.717) is 5.92 Å². The number of carbonyl (C=O) groups is 1. The third-order valence-corrected chi connectivity index (χ3v) is 5.34. The molecule has 6 heteroatoms. The highest BCUT2D eigenvalue weighted by molar-refractivity contribution is 5.74. The van der Waals surface area contributed by atoms with Gasteiger partial charge in [0.1, 0.15) is 0 Å². The predicted octanol–water partition coefficient (Wildman–Crippen LogP) is 2.29. The quantitative estimate of drug-likeness (QED) is 0.889. The molecule has 6 nitrogen and oxygen atoms in total. The van der Waals surface area contributed by atoms with Crippen LogP contribution >= 0.6 is 0 Å². The number of pyridine rings is 1. The summed E-state index contributed by atoms with van der Waals surface area (Å²) in [7, 11) is 0. The van der Waals surface area contributed by atoms with E-state index in [1.54, 1.807) is 12.4 Å². The normalized spacial score (nSPS) is 21.1. The molecule has 138 valence electrons. The van der Waals surface area contributed by atoms with E-state index in [0.717, 1.165) is 70.8 Å². The molecule has 0 aromatic carbocycles. The Labute approximate surface area is 150 Å². The molecule has 3 rings (SSSR count). The van der Waals surface area contributed by atoms with Gasteiger partial charge in [-0.2, -0.15) is 0 Å². The van der Waals surface area contributed by atoms with Crippen molar-refractivity contribution in [2.24, 2.45) is 5.92 Å². The molecule has 1 aromatic heterocycles. The second kappa shape index (κ2) is 9.15. The number of aromatic nitrogens is 1. The van der Waals surface area contributed by atoms with E-state index in [1.807, 2.05) is 17.0 Å². The number of ether oxygens (including phenoxy) is 1. The van der Waals surface area contributed by atoms with Gasteiger partial charge in [-0.05, 0) is 42.9 Å². The minimum absolute atomic E-state index is 0.0570. The van der Waals surface area contributed by atoms with Crippen LogP contribution in [0.2, 0.25) is 0 Å². The number of likely N-dealkylation sites (tertiary alicyclic amines) is 1. The van der Waals surface area contributed by atoms with Crippen LogP contribution in [-0.4, -0.2) is 66.8 Å². The molecule has 0 radical (unpaired) electrons. The van der Waals surface area contributed by atoms with E-state index in [4.69, 9.17) is 4.74 Å². The Kier molecular flexibility index (Phi) is 6.64. The highest BCUT2D eigenvalue weighted by Crippen LogP contribution is 2.21. The Morgan fingerprint density at radius 3 is 2.56 bits per heavy atom. The lowest BCUT2D eigenvalue weighted by Gasteiger charge is -2.36. The Balaban J connectivity index is 1.44. The van der Waals surface area contributed by atoms with Crippen LogP contribution in [0.25, 0.3) is 0 Å². The second-order valence-electron chi connectivity index (χ2n) is 7.03. The molecular weight excluding hydrogens is 316 g/mol. The SMILES string of the molecule is CC[C@H](NC(=O)N1CCC(CN2CCOCC2)CC1)c1ccncc1. The molecule has 0 aliphatic carbocycles. The molecule has 0 spiro atoms. The van der Waals surface area contributed by atoms with E-state index in [9.17, 15) is 4.79 Å².